The van der Waals surface area contributed by atoms with E-state index in [1.807, 2.05) is 18.2 Å². The number of benzene rings is 2. The zero-order chi connectivity index (χ0) is 31.2. The van der Waals surface area contributed by atoms with E-state index in [2.05, 4.69) is 29.9 Å². The number of aryl methyl sites for hydroxylation is 1. The van der Waals surface area contributed by atoms with Crippen molar-refractivity contribution in [3.63, 3.8) is 0 Å². The molecular formula is C31H48N2O8S. The third kappa shape index (κ3) is 14.1. The van der Waals surface area contributed by atoms with Crippen molar-refractivity contribution in [3.8, 4) is 5.75 Å². The lowest BCUT2D eigenvalue weighted by Gasteiger charge is -2.37. The topological polar surface area (TPSA) is 160 Å². The summed E-state index contributed by atoms with van der Waals surface area (Å²) in [5.74, 6) is -0.877. The van der Waals surface area contributed by atoms with Gasteiger partial charge in [0.25, 0.3) is 0 Å². The normalized spacial score (nSPS) is 12.9. The van der Waals surface area contributed by atoms with Crippen LogP contribution in [0.25, 0.3) is 0 Å². The van der Waals surface area contributed by atoms with Gasteiger partial charge in [-0.15, -0.1) is 0 Å². The molecule has 0 unspecified atom stereocenters. The SMILES string of the molecule is CC(C)(C)N(CCCCCCOCCCCc1cccc(CC(=O)OS(N)(=O)=O)c1)C[C@H](O)c1ccc(O)c(CO)c1. The Labute approximate surface area is 250 Å². The number of carbonyl (C=O) groups is 1. The number of aromatic hydroxyl groups is 1. The fourth-order valence-electron chi connectivity index (χ4n) is 4.67. The second-order valence-electron chi connectivity index (χ2n) is 11.6. The minimum Gasteiger partial charge on any atom is -0.508 e. The van der Waals surface area contributed by atoms with Gasteiger partial charge in [0.1, 0.15) is 5.75 Å². The highest BCUT2D eigenvalue weighted by atomic mass is 32.2. The predicted octanol–water partition coefficient (Wildman–Crippen LogP) is 3.91. The van der Waals surface area contributed by atoms with Crippen molar-refractivity contribution >= 4 is 16.3 Å². The van der Waals surface area contributed by atoms with Gasteiger partial charge in [-0.2, -0.15) is 13.6 Å². The average Bonchev–Trinajstić information content (AvgIpc) is 2.89. The van der Waals surface area contributed by atoms with Gasteiger partial charge < -0.3 is 24.2 Å². The Balaban J connectivity index is 1.59. The maximum Gasteiger partial charge on any atom is 0.382 e. The van der Waals surface area contributed by atoms with Crippen LogP contribution in [-0.2, 0) is 43.5 Å². The molecule has 0 aliphatic carbocycles. The van der Waals surface area contributed by atoms with Crippen LogP contribution >= 0.6 is 0 Å². The number of phenols is 1. The Hall–Kier alpha value is -2.54. The van der Waals surface area contributed by atoms with Gasteiger partial charge in [-0.05, 0) is 88.2 Å². The smallest absolute Gasteiger partial charge is 0.382 e. The summed E-state index contributed by atoms with van der Waals surface area (Å²) in [5.41, 5.74) is 2.72. The molecule has 5 N–H and O–H groups in total. The van der Waals surface area contributed by atoms with E-state index < -0.39 is 22.4 Å². The van der Waals surface area contributed by atoms with Crippen LogP contribution in [0.2, 0.25) is 0 Å². The molecule has 0 fully saturated rings. The first kappa shape index (κ1) is 35.7. The van der Waals surface area contributed by atoms with Crippen molar-refractivity contribution in [1.29, 1.82) is 0 Å². The van der Waals surface area contributed by atoms with Crippen molar-refractivity contribution in [1.82, 2.24) is 4.90 Å². The van der Waals surface area contributed by atoms with Gasteiger partial charge in [0.15, 0.2) is 0 Å². The molecule has 1 atom stereocenters. The highest BCUT2D eigenvalue weighted by molar-refractivity contribution is 7.84. The molecule has 236 valence electrons. The Bertz CT molecular complexity index is 1210. The maximum atomic E-state index is 11.6. The Morgan fingerprint density at radius 3 is 2.31 bits per heavy atom. The van der Waals surface area contributed by atoms with Crippen LogP contribution < -0.4 is 5.14 Å². The third-order valence-corrected chi connectivity index (χ3v) is 7.44. The average molecular weight is 609 g/mol. The monoisotopic (exact) mass is 608 g/mol. The number of nitrogens with zero attached hydrogens (tertiary/aromatic N) is 1. The van der Waals surface area contributed by atoms with Crippen LogP contribution in [0.4, 0.5) is 0 Å². The lowest BCUT2D eigenvalue weighted by Crippen LogP contribution is -2.44. The molecule has 0 amide bonds. The molecule has 42 heavy (non-hydrogen) atoms. The molecule has 11 heteroatoms. The second-order valence-corrected chi connectivity index (χ2v) is 12.8. The van der Waals surface area contributed by atoms with E-state index in [4.69, 9.17) is 9.88 Å². The lowest BCUT2D eigenvalue weighted by atomic mass is 10.0. The fraction of sp³-hybridized carbons (Fsp3) is 0.581. The molecule has 0 heterocycles. The molecule has 10 nitrogen and oxygen atoms in total. The summed E-state index contributed by atoms with van der Waals surface area (Å²) >= 11 is 0. The number of rotatable bonds is 19. The number of β-amino-alcohol motifs (C(OH)–C–C–N with tert-alkyl or cyclic N) is 1. The highest BCUT2D eigenvalue weighted by Crippen LogP contribution is 2.25. The van der Waals surface area contributed by atoms with Crippen molar-refractivity contribution in [2.24, 2.45) is 5.14 Å². The second kappa shape index (κ2) is 17.5. The molecule has 0 saturated heterocycles. The third-order valence-electron chi connectivity index (χ3n) is 7.02. The summed E-state index contributed by atoms with van der Waals surface area (Å²) < 4.78 is 31.7. The zero-order valence-corrected chi connectivity index (χ0v) is 25.9. The molecule has 2 aromatic rings. The summed E-state index contributed by atoms with van der Waals surface area (Å²) in [7, 11) is -4.30. The zero-order valence-electron chi connectivity index (χ0n) is 25.1. The first-order valence-electron chi connectivity index (χ1n) is 14.5. The summed E-state index contributed by atoms with van der Waals surface area (Å²) in [6.07, 6.45) is 5.96. The van der Waals surface area contributed by atoms with E-state index in [0.717, 1.165) is 63.7 Å². The molecule has 2 aromatic carbocycles. The van der Waals surface area contributed by atoms with Gasteiger partial charge in [0.05, 0.1) is 19.1 Å². The Kier molecular flexibility index (Phi) is 14.9. The van der Waals surface area contributed by atoms with Gasteiger partial charge in [-0.1, -0.05) is 43.2 Å². The number of hydrogen-bond acceptors (Lipinski definition) is 9. The molecule has 0 spiro atoms. The molecule has 2 rings (SSSR count). The van der Waals surface area contributed by atoms with Gasteiger partial charge in [-0.3, -0.25) is 9.69 Å². The van der Waals surface area contributed by atoms with Crippen molar-refractivity contribution in [3.05, 3.63) is 64.7 Å². The van der Waals surface area contributed by atoms with Crippen LogP contribution in [-0.4, -0.2) is 66.4 Å². The molecule has 0 aliphatic rings. The van der Waals surface area contributed by atoms with Gasteiger partial charge in [0, 0.05) is 30.9 Å². The summed E-state index contributed by atoms with van der Waals surface area (Å²) in [6.45, 7) is 8.86. The van der Waals surface area contributed by atoms with Crippen molar-refractivity contribution in [2.45, 2.75) is 90.4 Å². The number of aliphatic hydroxyl groups is 2. The number of nitrogens with two attached hydrogens (primary N) is 1. The fourth-order valence-corrected chi connectivity index (χ4v) is 4.99. The molecule has 0 saturated carbocycles. The van der Waals surface area contributed by atoms with Crippen LogP contribution in [0.3, 0.4) is 0 Å². The lowest BCUT2D eigenvalue weighted by molar-refractivity contribution is -0.133. The Morgan fingerprint density at radius 2 is 1.64 bits per heavy atom. The highest BCUT2D eigenvalue weighted by Gasteiger charge is 2.24. The minimum atomic E-state index is -4.30. The number of ether oxygens (including phenoxy) is 1. The molecular weight excluding hydrogens is 560 g/mol. The molecule has 0 aliphatic heterocycles. The first-order valence-corrected chi connectivity index (χ1v) is 16.0. The van der Waals surface area contributed by atoms with Crippen LogP contribution in [0.5, 0.6) is 5.75 Å². The van der Waals surface area contributed by atoms with E-state index in [-0.39, 0.29) is 24.3 Å². The number of aliphatic hydroxyl groups excluding tert-OH is 2. The number of unbranched alkanes of at least 4 members (excludes halogenated alkanes) is 4. The molecule has 0 bridgehead atoms. The number of carbonyl (C=O) groups excluding carboxylic acids is 1. The largest absolute Gasteiger partial charge is 0.508 e. The van der Waals surface area contributed by atoms with Crippen molar-refractivity contribution < 1.29 is 37.5 Å². The van der Waals surface area contributed by atoms with Gasteiger partial charge in [0.2, 0.25) is 0 Å². The van der Waals surface area contributed by atoms with Crippen molar-refractivity contribution in [2.75, 3.05) is 26.3 Å². The molecule has 0 aromatic heterocycles. The molecule has 0 radical (unpaired) electrons. The van der Waals surface area contributed by atoms with Crippen LogP contribution in [0, 0.1) is 0 Å². The quantitative estimate of drug-likeness (QED) is 0.173. The van der Waals surface area contributed by atoms with E-state index in [9.17, 15) is 28.5 Å². The summed E-state index contributed by atoms with van der Waals surface area (Å²) in [5, 5.41) is 34.7. The van der Waals surface area contributed by atoms with Crippen LogP contribution in [0.1, 0.15) is 87.7 Å². The van der Waals surface area contributed by atoms with E-state index in [1.54, 1.807) is 18.2 Å². The standard InChI is InChI=1S/C31H48N2O8S/c1-31(2,3)33(22-29(36)26-14-15-28(35)27(21-26)23-34)16-7-4-5-8-17-40-18-9-6-11-24-12-10-13-25(19-24)20-30(37)41-42(32,38)39/h10,12-15,19,21,29,34-36H,4-9,11,16-18,20,22-23H2,1-3H3,(H2,32,38,39)/t29-/m0/s1. The minimum absolute atomic E-state index is 0.0283. The van der Waals surface area contributed by atoms with E-state index in [0.29, 0.717) is 29.8 Å². The summed E-state index contributed by atoms with van der Waals surface area (Å²) in [6, 6.07) is 12.3. The van der Waals surface area contributed by atoms with Crippen LogP contribution in [0.15, 0.2) is 42.5 Å². The maximum absolute atomic E-state index is 11.6. The Morgan fingerprint density at radius 1 is 0.976 bits per heavy atom. The number of hydrogen-bond donors (Lipinski definition) is 4. The van der Waals surface area contributed by atoms with Gasteiger partial charge >= 0.3 is 16.3 Å². The van der Waals surface area contributed by atoms with E-state index >= 15 is 0 Å². The summed E-state index contributed by atoms with van der Waals surface area (Å²) in [4.78, 5) is 13.9. The first-order chi connectivity index (χ1) is 19.8. The predicted molar refractivity (Wildman–Crippen MR) is 162 cm³/mol. The van der Waals surface area contributed by atoms with Gasteiger partial charge in [-0.25, -0.2) is 0 Å². The van der Waals surface area contributed by atoms with E-state index in [1.165, 1.54) is 6.07 Å².